The third-order valence-corrected chi connectivity index (χ3v) is 5.83. The minimum absolute atomic E-state index is 0.296. The van der Waals surface area contributed by atoms with Crippen LogP contribution in [0.1, 0.15) is 39.6 Å². The van der Waals surface area contributed by atoms with Gasteiger partial charge in [0, 0.05) is 40.2 Å². The maximum atomic E-state index is 13.0. The summed E-state index contributed by atoms with van der Waals surface area (Å²) in [7, 11) is 0. The fourth-order valence-electron chi connectivity index (χ4n) is 3.10. The molecule has 3 heterocycles. The van der Waals surface area contributed by atoms with Crippen LogP contribution in [-0.2, 0) is 12.7 Å². The molecule has 9 nitrogen and oxygen atoms in total. The zero-order valence-corrected chi connectivity index (χ0v) is 19.5. The minimum Gasteiger partial charge on any atom is -0.492 e. The second-order valence-electron chi connectivity index (χ2n) is 7.56. The van der Waals surface area contributed by atoms with Gasteiger partial charge in [-0.1, -0.05) is 0 Å². The maximum absolute atomic E-state index is 13.0. The average molecular weight is 504 g/mol. The molecule has 0 aliphatic rings. The number of thiazole rings is 1. The van der Waals surface area contributed by atoms with Crippen LogP contribution in [-0.4, -0.2) is 42.2 Å². The molecule has 4 aromatic rings. The van der Waals surface area contributed by atoms with E-state index < -0.39 is 23.9 Å². The van der Waals surface area contributed by atoms with Crippen molar-refractivity contribution in [1.82, 2.24) is 35.0 Å². The number of aromatic nitrogens is 6. The summed E-state index contributed by atoms with van der Waals surface area (Å²) in [4.78, 5) is 29.0. The number of carbonyl (C=O) groups is 1. The topological polar surface area (TPSA) is 108 Å². The Hall–Kier alpha value is -3.87. The van der Waals surface area contributed by atoms with E-state index in [0.29, 0.717) is 35.6 Å². The Balaban J connectivity index is 1.52. The lowest BCUT2D eigenvalue weighted by atomic mass is 10.1. The molecular weight excluding hydrogens is 483 g/mol. The minimum atomic E-state index is -4.63. The highest BCUT2D eigenvalue weighted by Crippen LogP contribution is 2.30. The number of nitrogens with zero attached hydrogens (tertiary/aromatic N) is 6. The number of amides is 1. The van der Waals surface area contributed by atoms with Crippen LogP contribution in [0.3, 0.4) is 0 Å². The van der Waals surface area contributed by atoms with Gasteiger partial charge >= 0.3 is 6.18 Å². The molecule has 182 valence electrons. The Morgan fingerprint density at radius 1 is 1.17 bits per heavy atom. The maximum Gasteiger partial charge on any atom is 0.451 e. The first-order valence-corrected chi connectivity index (χ1v) is 11.2. The van der Waals surface area contributed by atoms with Crippen LogP contribution in [0, 0.1) is 6.92 Å². The Kier molecular flexibility index (Phi) is 7.05. The Labute approximate surface area is 202 Å². The third-order valence-electron chi connectivity index (χ3n) is 4.87. The number of hydrogen-bond acceptors (Lipinski definition) is 8. The first kappa shape index (κ1) is 24.3. The van der Waals surface area contributed by atoms with Crippen molar-refractivity contribution >= 4 is 17.2 Å². The van der Waals surface area contributed by atoms with Crippen molar-refractivity contribution in [3.05, 3.63) is 71.3 Å². The number of hydrogen-bond donors (Lipinski definition) is 1. The largest absolute Gasteiger partial charge is 0.492 e. The van der Waals surface area contributed by atoms with Crippen molar-refractivity contribution in [2.75, 3.05) is 6.61 Å². The molecule has 0 aliphatic heterocycles. The van der Waals surface area contributed by atoms with Gasteiger partial charge in [-0.2, -0.15) is 18.3 Å². The van der Waals surface area contributed by atoms with Crippen molar-refractivity contribution in [2.45, 2.75) is 32.6 Å². The molecule has 1 unspecified atom stereocenters. The number of rotatable bonds is 8. The van der Waals surface area contributed by atoms with Crippen LogP contribution in [0.15, 0.2) is 49.4 Å². The second kappa shape index (κ2) is 10.2. The molecule has 13 heteroatoms. The predicted octanol–water partition coefficient (Wildman–Crippen LogP) is 4.09. The molecule has 3 aromatic heterocycles. The Morgan fingerprint density at radius 2 is 1.94 bits per heavy atom. The summed E-state index contributed by atoms with van der Waals surface area (Å²) in [6.45, 7) is 4.33. The van der Waals surface area contributed by atoms with Crippen molar-refractivity contribution < 1.29 is 22.7 Å². The highest BCUT2D eigenvalue weighted by Gasteiger charge is 2.34. The smallest absolute Gasteiger partial charge is 0.451 e. The molecule has 1 N–H and O–H groups in total. The van der Waals surface area contributed by atoms with Crippen molar-refractivity contribution in [1.29, 1.82) is 0 Å². The van der Waals surface area contributed by atoms with Crippen LogP contribution in [0.25, 0.3) is 10.6 Å². The summed E-state index contributed by atoms with van der Waals surface area (Å²) in [6, 6.07) is 4.45. The van der Waals surface area contributed by atoms with E-state index >= 15 is 0 Å². The number of ether oxygens (including phenoxy) is 1. The first-order valence-electron chi connectivity index (χ1n) is 10.4. The van der Waals surface area contributed by atoms with Gasteiger partial charge in [0.15, 0.2) is 0 Å². The molecule has 0 bridgehead atoms. The summed E-state index contributed by atoms with van der Waals surface area (Å²) < 4.78 is 45.6. The molecule has 1 aromatic carbocycles. The van der Waals surface area contributed by atoms with Gasteiger partial charge < -0.3 is 10.1 Å². The van der Waals surface area contributed by atoms with E-state index in [-0.39, 0.29) is 0 Å². The first-order chi connectivity index (χ1) is 16.7. The molecule has 0 aliphatic carbocycles. The number of benzene rings is 1. The van der Waals surface area contributed by atoms with Gasteiger partial charge in [0.1, 0.15) is 30.0 Å². The van der Waals surface area contributed by atoms with Crippen LogP contribution >= 0.6 is 11.3 Å². The zero-order chi connectivity index (χ0) is 25.0. The van der Waals surface area contributed by atoms with E-state index in [1.807, 2.05) is 6.92 Å². The molecule has 35 heavy (non-hydrogen) atoms. The number of halogens is 3. The molecule has 4 rings (SSSR count). The highest BCUT2D eigenvalue weighted by atomic mass is 32.1. The van der Waals surface area contributed by atoms with E-state index in [1.54, 1.807) is 42.3 Å². The van der Waals surface area contributed by atoms with Gasteiger partial charge in [-0.3, -0.25) is 4.79 Å². The molecule has 0 fully saturated rings. The van der Waals surface area contributed by atoms with Crippen molar-refractivity contribution in [3.63, 3.8) is 0 Å². The number of nitrogens with one attached hydrogen (secondary N) is 1. The molecule has 1 atom stereocenters. The molecule has 0 spiro atoms. The molecule has 0 radical (unpaired) electrons. The second-order valence-corrected chi connectivity index (χ2v) is 8.80. The van der Waals surface area contributed by atoms with E-state index in [9.17, 15) is 18.0 Å². The number of carbonyl (C=O) groups excluding carboxylic acids is 1. The van der Waals surface area contributed by atoms with E-state index in [0.717, 1.165) is 22.3 Å². The summed E-state index contributed by atoms with van der Waals surface area (Å²) in [5, 5.41) is 7.51. The van der Waals surface area contributed by atoms with E-state index in [2.05, 4.69) is 30.4 Å². The molecule has 0 saturated heterocycles. The lowest BCUT2D eigenvalue weighted by molar-refractivity contribution is -0.145. The zero-order valence-electron chi connectivity index (χ0n) is 18.7. The third kappa shape index (κ3) is 6.18. The van der Waals surface area contributed by atoms with E-state index in [1.165, 1.54) is 17.7 Å². The van der Waals surface area contributed by atoms with Gasteiger partial charge in [0.2, 0.25) is 5.82 Å². The van der Waals surface area contributed by atoms with Gasteiger partial charge in [-0.15, -0.1) is 11.3 Å². The lowest BCUT2D eigenvalue weighted by Gasteiger charge is -2.16. The Morgan fingerprint density at radius 3 is 2.57 bits per heavy atom. The fraction of sp³-hybridized carbons (Fsp3) is 0.273. The summed E-state index contributed by atoms with van der Waals surface area (Å²) in [5.74, 6) is -1.21. The SMILES string of the molecule is Cc1cnc(-c2cc(OCCn3cncn3)cc(C(=O)NC(C)c3cnc(C(F)(F)F)nc3)c2)s1. The van der Waals surface area contributed by atoms with Crippen molar-refractivity contribution in [3.8, 4) is 16.3 Å². The van der Waals surface area contributed by atoms with Gasteiger partial charge in [0.05, 0.1) is 12.6 Å². The summed E-state index contributed by atoms with van der Waals surface area (Å²) >= 11 is 1.48. The van der Waals surface area contributed by atoms with Gasteiger partial charge in [-0.25, -0.2) is 24.6 Å². The van der Waals surface area contributed by atoms with Crippen molar-refractivity contribution in [2.24, 2.45) is 0 Å². The fourth-order valence-corrected chi connectivity index (χ4v) is 3.85. The number of alkyl halides is 3. The molecule has 1 amide bonds. The summed E-state index contributed by atoms with van der Waals surface area (Å²) in [6.07, 6.45) is 2.21. The lowest BCUT2D eigenvalue weighted by Crippen LogP contribution is -2.27. The number of aryl methyl sites for hydroxylation is 1. The normalized spacial score (nSPS) is 12.4. The molecule has 0 saturated carbocycles. The van der Waals surface area contributed by atoms with Crippen LogP contribution < -0.4 is 10.1 Å². The van der Waals surface area contributed by atoms with Crippen LogP contribution in [0.2, 0.25) is 0 Å². The molecular formula is C22H20F3N7O2S. The Bertz CT molecular complexity index is 1290. The summed E-state index contributed by atoms with van der Waals surface area (Å²) in [5.41, 5.74) is 1.35. The van der Waals surface area contributed by atoms with Crippen LogP contribution in [0.5, 0.6) is 5.75 Å². The highest BCUT2D eigenvalue weighted by molar-refractivity contribution is 7.14. The van der Waals surface area contributed by atoms with Gasteiger partial charge in [-0.05, 0) is 32.0 Å². The average Bonchev–Trinajstić information content (AvgIpc) is 3.50. The van der Waals surface area contributed by atoms with Crippen LogP contribution in [0.4, 0.5) is 13.2 Å². The monoisotopic (exact) mass is 503 g/mol. The quantitative estimate of drug-likeness (QED) is 0.386. The van der Waals surface area contributed by atoms with E-state index in [4.69, 9.17) is 4.74 Å². The predicted molar refractivity (Wildman–Crippen MR) is 121 cm³/mol. The standard InChI is InChI=1S/C22H20F3N7O2S/c1-13-8-27-20(35-13)16-5-15(6-18(7-16)34-4-3-32-12-26-11-30-32)19(33)31-14(2)17-9-28-21(29-10-17)22(23,24)25/h5-12,14H,3-4H2,1-2H3,(H,31,33). The van der Waals surface area contributed by atoms with Gasteiger partial charge in [0.25, 0.3) is 5.91 Å².